The molecule has 1 aliphatic heterocycles. The summed E-state index contributed by atoms with van der Waals surface area (Å²) in [5.74, 6) is 0. The topological polar surface area (TPSA) is 35.5 Å². The van der Waals surface area contributed by atoms with Crippen LogP contribution in [-0.4, -0.2) is 47.3 Å². The van der Waals surface area contributed by atoms with Gasteiger partial charge in [0.15, 0.2) is 0 Å². The van der Waals surface area contributed by atoms with E-state index in [0.717, 1.165) is 6.54 Å². The van der Waals surface area contributed by atoms with Gasteiger partial charge in [-0.2, -0.15) is 0 Å². The second-order valence-corrected chi connectivity index (χ2v) is 5.68. The molecule has 0 aromatic heterocycles. The first-order valence-corrected chi connectivity index (χ1v) is 6.24. The number of hydrogen-bond donors (Lipinski definition) is 2. The average molecular weight is 212 g/mol. The fraction of sp³-hybridized carbons (Fsp3) is 1.00. The minimum Gasteiger partial charge on any atom is -0.395 e. The summed E-state index contributed by atoms with van der Waals surface area (Å²) in [6.45, 7) is 7.08. The molecule has 2 aliphatic rings. The van der Waals surface area contributed by atoms with E-state index in [1.54, 1.807) is 0 Å². The zero-order valence-electron chi connectivity index (χ0n) is 10.00. The quantitative estimate of drug-likeness (QED) is 0.713. The van der Waals surface area contributed by atoms with Crippen LogP contribution < -0.4 is 5.32 Å². The summed E-state index contributed by atoms with van der Waals surface area (Å²) in [7, 11) is 0. The second kappa shape index (κ2) is 4.40. The van der Waals surface area contributed by atoms with Gasteiger partial charge in [0.25, 0.3) is 0 Å². The molecule has 3 nitrogen and oxygen atoms in total. The van der Waals surface area contributed by atoms with E-state index in [2.05, 4.69) is 24.1 Å². The summed E-state index contributed by atoms with van der Waals surface area (Å²) in [6, 6.07) is 0.961. The molecule has 0 radical (unpaired) electrons. The monoisotopic (exact) mass is 212 g/mol. The van der Waals surface area contributed by atoms with Crippen molar-refractivity contribution >= 4 is 0 Å². The van der Waals surface area contributed by atoms with Gasteiger partial charge in [0.1, 0.15) is 0 Å². The van der Waals surface area contributed by atoms with Crippen LogP contribution >= 0.6 is 0 Å². The van der Waals surface area contributed by atoms with Gasteiger partial charge in [0.2, 0.25) is 0 Å². The third-order valence-corrected chi connectivity index (χ3v) is 3.78. The van der Waals surface area contributed by atoms with Crippen molar-refractivity contribution in [3.63, 3.8) is 0 Å². The Balaban J connectivity index is 1.82. The molecule has 1 aliphatic carbocycles. The number of nitrogens with one attached hydrogen (secondary N) is 1. The summed E-state index contributed by atoms with van der Waals surface area (Å²) < 4.78 is 0. The highest BCUT2D eigenvalue weighted by molar-refractivity contribution is 4.92. The van der Waals surface area contributed by atoms with E-state index >= 15 is 0 Å². The minimum absolute atomic E-state index is 0.267. The Hall–Kier alpha value is -0.120. The maximum atomic E-state index is 9.34. The lowest BCUT2D eigenvalue weighted by molar-refractivity contribution is 0.130. The second-order valence-electron chi connectivity index (χ2n) is 5.68. The first-order valence-electron chi connectivity index (χ1n) is 6.24. The van der Waals surface area contributed by atoms with Crippen LogP contribution in [0.5, 0.6) is 0 Å². The van der Waals surface area contributed by atoms with E-state index in [0.29, 0.717) is 11.6 Å². The van der Waals surface area contributed by atoms with Crippen molar-refractivity contribution in [3.8, 4) is 0 Å². The van der Waals surface area contributed by atoms with Gasteiger partial charge in [-0.25, -0.2) is 0 Å². The standard InChI is InChI=1S/C12H24N2O/c1-12(2)6-3-7-14(12)8-11(9-15)13-10-4-5-10/h10-11,13,15H,3-9H2,1-2H3. The van der Waals surface area contributed by atoms with Gasteiger partial charge in [-0.05, 0) is 46.1 Å². The van der Waals surface area contributed by atoms with Crippen LogP contribution in [0.25, 0.3) is 0 Å². The normalized spacial score (nSPS) is 28.2. The fourth-order valence-corrected chi connectivity index (χ4v) is 2.51. The SMILES string of the molecule is CC1(C)CCCN1CC(CO)NC1CC1. The van der Waals surface area contributed by atoms with Crippen molar-refractivity contribution in [1.29, 1.82) is 0 Å². The van der Waals surface area contributed by atoms with E-state index in [1.165, 1.54) is 32.2 Å². The van der Waals surface area contributed by atoms with Crippen LogP contribution in [0, 0.1) is 0 Å². The van der Waals surface area contributed by atoms with Crippen LogP contribution in [0.3, 0.4) is 0 Å². The Morgan fingerprint density at radius 2 is 2.20 bits per heavy atom. The molecule has 0 aromatic carbocycles. The predicted molar refractivity (Wildman–Crippen MR) is 61.9 cm³/mol. The zero-order valence-corrected chi connectivity index (χ0v) is 10.00. The van der Waals surface area contributed by atoms with Crippen molar-refractivity contribution in [2.75, 3.05) is 19.7 Å². The lowest BCUT2D eigenvalue weighted by atomic mass is 10.0. The number of aliphatic hydroxyl groups is 1. The molecule has 2 N–H and O–H groups in total. The van der Waals surface area contributed by atoms with Crippen LogP contribution in [0.1, 0.15) is 39.5 Å². The molecule has 1 saturated heterocycles. The van der Waals surface area contributed by atoms with E-state index in [4.69, 9.17) is 0 Å². The van der Waals surface area contributed by atoms with Crippen LogP contribution in [0.15, 0.2) is 0 Å². The average Bonchev–Trinajstić information content (AvgIpc) is 2.92. The summed E-state index contributed by atoms with van der Waals surface area (Å²) in [5.41, 5.74) is 0.332. The summed E-state index contributed by atoms with van der Waals surface area (Å²) in [6.07, 6.45) is 5.17. The van der Waals surface area contributed by atoms with E-state index in [1.807, 2.05) is 0 Å². The molecule has 3 heteroatoms. The molecule has 1 atom stereocenters. The van der Waals surface area contributed by atoms with Gasteiger partial charge in [-0.3, -0.25) is 4.90 Å². The van der Waals surface area contributed by atoms with Crippen LogP contribution in [0.4, 0.5) is 0 Å². The molecule has 1 unspecified atom stereocenters. The van der Waals surface area contributed by atoms with Crippen molar-refractivity contribution in [3.05, 3.63) is 0 Å². The summed E-state index contributed by atoms with van der Waals surface area (Å²) in [5, 5.41) is 12.9. The molecule has 15 heavy (non-hydrogen) atoms. The van der Waals surface area contributed by atoms with E-state index in [-0.39, 0.29) is 12.6 Å². The van der Waals surface area contributed by atoms with Crippen molar-refractivity contribution in [1.82, 2.24) is 10.2 Å². The Morgan fingerprint density at radius 1 is 1.47 bits per heavy atom. The Bertz CT molecular complexity index is 214. The molecule has 0 bridgehead atoms. The van der Waals surface area contributed by atoms with E-state index in [9.17, 15) is 5.11 Å². The van der Waals surface area contributed by atoms with E-state index < -0.39 is 0 Å². The van der Waals surface area contributed by atoms with Gasteiger partial charge >= 0.3 is 0 Å². The molecule has 2 fully saturated rings. The summed E-state index contributed by atoms with van der Waals surface area (Å²) in [4.78, 5) is 2.52. The smallest absolute Gasteiger partial charge is 0.0597 e. The Labute approximate surface area is 92.8 Å². The Morgan fingerprint density at radius 3 is 2.67 bits per heavy atom. The van der Waals surface area contributed by atoms with Gasteiger partial charge < -0.3 is 10.4 Å². The molecule has 0 amide bonds. The first kappa shape index (κ1) is 11.4. The van der Waals surface area contributed by atoms with Gasteiger partial charge in [0.05, 0.1) is 6.61 Å². The van der Waals surface area contributed by atoms with Crippen molar-refractivity contribution in [2.24, 2.45) is 0 Å². The fourth-order valence-electron chi connectivity index (χ4n) is 2.51. The number of aliphatic hydroxyl groups excluding tert-OH is 1. The van der Waals surface area contributed by atoms with Crippen LogP contribution in [0.2, 0.25) is 0 Å². The Kier molecular flexibility index (Phi) is 3.33. The maximum absolute atomic E-state index is 9.34. The maximum Gasteiger partial charge on any atom is 0.0597 e. The number of nitrogens with zero attached hydrogens (tertiary/aromatic N) is 1. The number of likely N-dealkylation sites (tertiary alicyclic amines) is 1. The van der Waals surface area contributed by atoms with Crippen molar-refractivity contribution in [2.45, 2.75) is 57.2 Å². The highest BCUT2D eigenvalue weighted by Gasteiger charge is 2.34. The highest BCUT2D eigenvalue weighted by Crippen LogP contribution is 2.28. The third kappa shape index (κ3) is 2.92. The third-order valence-electron chi connectivity index (χ3n) is 3.78. The molecular formula is C12H24N2O. The van der Waals surface area contributed by atoms with Gasteiger partial charge in [-0.1, -0.05) is 0 Å². The lowest BCUT2D eigenvalue weighted by Crippen LogP contribution is -2.49. The highest BCUT2D eigenvalue weighted by atomic mass is 16.3. The first-order chi connectivity index (χ1) is 7.12. The zero-order chi connectivity index (χ0) is 10.9. The van der Waals surface area contributed by atoms with Crippen molar-refractivity contribution < 1.29 is 5.11 Å². The molecule has 0 aromatic rings. The molecule has 1 saturated carbocycles. The predicted octanol–water partition coefficient (Wildman–Crippen LogP) is 0.974. The minimum atomic E-state index is 0.267. The molecule has 1 heterocycles. The number of rotatable bonds is 5. The van der Waals surface area contributed by atoms with Gasteiger partial charge in [-0.15, -0.1) is 0 Å². The number of hydrogen-bond acceptors (Lipinski definition) is 3. The molecule has 0 spiro atoms. The van der Waals surface area contributed by atoms with Crippen LogP contribution in [-0.2, 0) is 0 Å². The molecule has 88 valence electrons. The summed E-state index contributed by atoms with van der Waals surface area (Å²) >= 11 is 0. The molecule has 2 rings (SSSR count). The lowest BCUT2D eigenvalue weighted by Gasteiger charge is -2.34. The molecular weight excluding hydrogens is 188 g/mol. The largest absolute Gasteiger partial charge is 0.395 e. The van der Waals surface area contributed by atoms with Gasteiger partial charge in [0, 0.05) is 24.2 Å².